The lowest BCUT2D eigenvalue weighted by molar-refractivity contribution is -0.136. The fraction of sp³-hybridized carbons (Fsp3) is 0.500. The zero-order valence-electron chi connectivity index (χ0n) is 9.69. The zero-order valence-corrected chi connectivity index (χ0v) is 10.5. The number of aliphatic carboxylic acids is 1. The highest BCUT2D eigenvalue weighted by Gasteiger charge is 2.12. The van der Waals surface area contributed by atoms with Crippen LogP contribution in [-0.4, -0.2) is 28.6 Å². The Hall–Kier alpha value is -1.63. The van der Waals surface area contributed by atoms with E-state index in [9.17, 15) is 9.59 Å². The molecule has 0 fully saturated rings. The molecule has 0 saturated heterocycles. The first-order valence-corrected chi connectivity index (χ1v) is 6.05. The van der Waals surface area contributed by atoms with Crippen LogP contribution in [0.15, 0.2) is 5.38 Å². The van der Waals surface area contributed by atoms with Gasteiger partial charge in [0.25, 0.3) is 0 Å². The van der Waals surface area contributed by atoms with Crippen molar-refractivity contribution in [1.29, 1.82) is 0 Å². The Morgan fingerprint density at radius 1 is 1.59 bits per heavy atom. The molecule has 0 aliphatic heterocycles. The molecular weight excluding hydrogens is 242 g/mol. The van der Waals surface area contributed by atoms with E-state index >= 15 is 0 Å². The number of hydrogen-bond acceptors (Lipinski definition) is 4. The van der Waals surface area contributed by atoms with Crippen LogP contribution in [0.4, 0.5) is 4.79 Å². The lowest BCUT2D eigenvalue weighted by Gasteiger charge is -2.11. The van der Waals surface area contributed by atoms with Crippen LogP contribution >= 0.6 is 11.3 Å². The number of aromatic nitrogens is 1. The van der Waals surface area contributed by atoms with Crippen molar-refractivity contribution >= 4 is 23.3 Å². The Bertz CT molecular complexity index is 405. The average Bonchev–Trinajstić information content (AvgIpc) is 2.64. The van der Waals surface area contributed by atoms with Gasteiger partial charge in [0, 0.05) is 17.6 Å². The van der Waals surface area contributed by atoms with Crippen LogP contribution in [0.5, 0.6) is 0 Å². The largest absolute Gasteiger partial charge is 0.481 e. The van der Waals surface area contributed by atoms with Gasteiger partial charge in [-0.25, -0.2) is 9.78 Å². The van der Waals surface area contributed by atoms with Crippen LogP contribution < -0.4 is 10.6 Å². The van der Waals surface area contributed by atoms with Crippen molar-refractivity contribution in [3.05, 3.63) is 16.1 Å². The van der Waals surface area contributed by atoms with Crippen molar-refractivity contribution < 1.29 is 14.7 Å². The number of amides is 2. The number of nitrogens with zero attached hydrogens (tertiary/aromatic N) is 1. The molecule has 7 heteroatoms. The molecule has 3 N–H and O–H groups in total. The van der Waals surface area contributed by atoms with E-state index in [2.05, 4.69) is 15.6 Å². The number of carboxylic acids is 1. The first kappa shape index (κ1) is 13.4. The molecule has 0 aliphatic carbocycles. The fourth-order valence-electron chi connectivity index (χ4n) is 1.16. The summed E-state index contributed by atoms with van der Waals surface area (Å²) >= 11 is 1.48. The Morgan fingerprint density at radius 2 is 2.29 bits per heavy atom. The summed E-state index contributed by atoms with van der Waals surface area (Å²) in [5.41, 5.74) is 0.921. The Labute approximate surface area is 103 Å². The van der Waals surface area contributed by atoms with E-state index in [1.54, 1.807) is 0 Å². The number of carbonyl (C=O) groups is 2. The average molecular weight is 257 g/mol. The maximum atomic E-state index is 11.4. The molecule has 1 rings (SSSR count). The number of hydrogen-bond donors (Lipinski definition) is 3. The Kier molecular flexibility index (Phi) is 4.89. The van der Waals surface area contributed by atoms with Crippen molar-refractivity contribution in [2.24, 2.45) is 0 Å². The van der Waals surface area contributed by atoms with Crippen molar-refractivity contribution in [3.8, 4) is 0 Å². The molecule has 0 aliphatic rings. The molecule has 2 amide bonds. The number of carboxylic acid groups (broad SMARTS) is 1. The highest BCUT2D eigenvalue weighted by molar-refractivity contribution is 7.09. The van der Waals surface area contributed by atoms with Crippen LogP contribution in [0, 0.1) is 6.92 Å². The summed E-state index contributed by atoms with van der Waals surface area (Å²) in [6.07, 6.45) is -0.0852. The Balaban J connectivity index is 2.33. The molecule has 0 saturated carbocycles. The molecule has 6 nitrogen and oxygen atoms in total. The van der Waals surface area contributed by atoms with Gasteiger partial charge < -0.3 is 15.7 Å². The molecule has 1 heterocycles. The molecule has 1 unspecified atom stereocenters. The van der Waals surface area contributed by atoms with Crippen molar-refractivity contribution in [2.45, 2.75) is 26.3 Å². The van der Waals surface area contributed by atoms with Gasteiger partial charge >= 0.3 is 12.0 Å². The summed E-state index contributed by atoms with van der Waals surface area (Å²) in [5, 5.41) is 16.3. The summed E-state index contributed by atoms with van der Waals surface area (Å²) in [4.78, 5) is 25.9. The molecule has 94 valence electrons. The molecule has 0 radical (unpaired) electrons. The van der Waals surface area contributed by atoms with Crippen LogP contribution in [0.1, 0.15) is 30.1 Å². The summed E-state index contributed by atoms with van der Waals surface area (Å²) in [6, 6.07) is -0.565. The predicted octanol–water partition coefficient (Wildman–Crippen LogP) is 1.29. The van der Waals surface area contributed by atoms with Crippen LogP contribution in [0.25, 0.3) is 0 Å². The summed E-state index contributed by atoms with van der Waals surface area (Å²) in [5.74, 6) is -0.936. The third-order valence-corrected chi connectivity index (χ3v) is 3.12. The number of urea groups is 1. The van der Waals surface area contributed by atoms with E-state index < -0.39 is 5.97 Å². The lowest BCUT2D eigenvalue weighted by Crippen LogP contribution is -2.38. The maximum absolute atomic E-state index is 11.4. The molecule has 1 aromatic heterocycles. The standard InChI is InChI=1S/C10H15N3O3S/c1-6-5-17-9(12-6)7(2)13-10(16)11-4-3-8(14)15/h5,7H,3-4H2,1-2H3,(H,14,15)(H2,11,13,16). The van der Waals surface area contributed by atoms with Crippen molar-refractivity contribution in [3.63, 3.8) is 0 Å². The molecule has 0 bridgehead atoms. The molecule has 1 atom stereocenters. The third kappa shape index (κ3) is 4.81. The van der Waals surface area contributed by atoms with Gasteiger partial charge in [-0.15, -0.1) is 11.3 Å². The van der Waals surface area contributed by atoms with E-state index in [-0.39, 0.29) is 25.0 Å². The van der Waals surface area contributed by atoms with E-state index in [1.807, 2.05) is 19.2 Å². The van der Waals surface area contributed by atoms with Crippen LogP contribution in [0.2, 0.25) is 0 Å². The molecule has 0 spiro atoms. The van der Waals surface area contributed by atoms with E-state index in [4.69, 9.17) is 5.11 Å². The minimum absolute atomic E-state index is 0.0852. The van der Waals surface area contributed by atoms with Gasteiger partial charge in [-0.1, -0.05) is 0 Å². The first-order chi connectivity index (χ1) is 7.99. The maximum Gasteiger partial charge on any atom is 0.315 e. The monoisotopic (exact) mass is 257 g/mol. The van der Waals surface area contributed by atoms with Crippen molar-refractivity contribution in [2.75, 3.05) is 6.54 Å². The van der Waals surface area contributed by atoms with Gasteiger partial charge in [-0.3, -0.25) is 4.79 Å². The second-order valence-electron chi connectivity index (χ2n) is 3.59. The molecule has 1 aromatic rings. The third-order valence-electron chi connectivity index (χ3n) is 1.98. The summed E-state index contributed by atoms with van der Waals surface area (Å²) < 4.78 is 0. The minimum Gasteiger partial charge on any atom is -0.481 e. The smallest absolute Gasteiger partial charge is 0.315 e. The minimum atomic E-state index is -0.936. The molecular formula is C10H15N3O3S. The van der Waals surface area contributed by atoms with Gasteiger partial charge in [0.1, 0.15) is 5.01 Å². The second-order valence-corrected chi connectivity index (χ2v) is 4.48. The number of thiazole rings is 1. The van der Waals surface area contributed by atoms with Gasteiger partial charge in [-0.2, -0.15) is 0 Å². The number of aryl methyl sites for hydroxylation is 1. The first-order valence-electron chi connectivity index (χ1n) is 5.17. The van der Waals surface area contributed by atoms with E-state index in [0.717, 1.165) is 10.7 Å². The zero-order chi connectivity index (χ0) is 12.8. The highest BCUT2D eigenvalue weighted by atomic mass is 32.1. The normalized spacial score (nSPS) is 11.9. The van der Waals surface area contributed by atoms with E-state index in [1.165, 1.54) is 11.3 Å². The summed E-state index contributed by atoms with van der Waals surface area (Å²) in [6.45, 7) is 3.83. The summed E-state index contributed by atoms with van der Waals surface area (Å²) in [7, 11) is 0. The van der Waals surface area contributed by atoms with Crippen LogP contribution in [-0.2, 0) is 4.79 Å². The molecule has 0 aromatic carbocycles. The van der Waals surface area contributed by atoms with Gasteiger partial charge in [0.2, 0.25) is 0 Å². The highest BCUT2D eigenvalue weighted by Crippen LogP contribution is 2.16. The second kappa shape index (κ2) is 6.19. The van der Waals surface area contributed by atoms with Gasteiger partial charge in [0.05, 0.1) is 12.5 Å². The number of rotatable bonds is 5. The topological polar surface area (TPSA) is 91.3 Å². The number of carbonyl (C=O) groups excluding carboxylic acids is 1. The molecule has 17 heavy (non-hydrogen) atoms. The van der Waals surface area contributed by atoms with Gasteiger partial charge in [-0.05, 0) is 13.8 Å². The van der Waals surface area contributed by atoms with Crippen molar-refractivity contribution in [1.82, 2.24) is 15.6 Å². The fourth-order valence-corrected chi connectivity index (χ4v) is 1.97. The quantitative estimate of drug-likeness (QED) is 0.741. The van der Waals surface area contributed by atoms with Crippen LogP contribution in [0.3, 0.4) is 0 Å². The van der Waals surface area contributed by atoms with Gasteiger partial charge in [0.15, 0.2) is 0 Å². The lowest BCUT2D eigenvalue weighted by atomic mass is 10.3. The SMILES string of the molecule is Cc1csc(C(C)NC(=O)NCCC(=O)O)n1. The number of nitrogens with one attached hydrogen (secondary N) is 2. The predicted molar refractivity (Wildman–Crippen MR) is 64.1 cm³/mol. The van der Waals surface area contributed by atoms with E-state index in [0.29, 0.717) is 0 Å². The Morgan fingerprint density at radius 3 is 2.82 bits per heavy atom.